The van der Waals surface area contributed by atoms with Gasteiger partial charge in [0.1, 0.15) is 12.4 Å². The van der Waals surface area contributed by atoms with Crippen molar-refractivity contribution >= 4 is 17.8 Å². The van der Waals surface area contributed by atoms with Crippen LogP contribution in [-0.4, -0.2) is 48.1 Å². The molecule has 0 bridgehead atoms. The lowest BCUT2D eigenvalue weighted by molar-refractivity contribution is -0.134. The summed E-state index contributed by atoms with van der Waals surface area (Å²) in [5.41, 5.74) is 0.974. The van der Waals surface area contributed by atoms with Gasteiger partial charge in [0.05, 0.1) is 6.54 Å². The van der Waals surface area contributed by atoms with E-state index in [4.69, 9.17) is 5.11 Å². The van der Waals surface area contributed by atoms with E-state index in [0.29, 0.717) is 29.1 Å². The predicted octanol–water partition coefficient (Wildman–Crippen LogP) is 6.42. The molecule has 0 radical (unpaired) electrons. The molecule has 6 heteroatoms. The van der Waals surface area contributed by atoms with E-state index in [9.17, 15) is 14.4 Å². The Morgan fingerprint density at radius 3 is 2.26 bits per heavy atom. The number of carboxylic acid groups (broad SMARTS) is 1. The molecule has 4 fully saturated rings. The van der Waals surface area contributed by atoms with Gasteiger partial charge >= 0.3 is 6.16 Å². The topological polar surface area (TPSA) is 83.9 Å². The van der Waals surface area contributed by atoms with Crippen LogP contribution in [0.3, 0.4) is 0 Å². The van der Waals surface area contributed by atoms with Gasteiger partial charge in [0.2, 0.25) is 5.91 Å². The smallest absolute Gasteiger partial charge is 0.450 e. The number of hydrogen-bond donors (Lipinski definition) is 1. The number of rotatable bonds is 5. The van der Waals surface area contributed by atoms with Crippen LogP contribution in [0, 0.1) is 46.3 Å². The maximum absolute atomic E-state index is 12.2. The van der Waals surface area contributed by atoms with Crippen LogP contribution in [0.15, 0.2) is 0 Å². The summed E-state index contributed by atoms with van der Waals surface area (Å²) < 4.78 is 4.27. The first kappa shape index (κ1) is 28.0. The molecule has 0 aromatic carbocycles. The lowest BCUT2D eigenvalue weighted by Gasteiger charge is -2.60. The van der Waals surface area contributed by atoms with Gasteiger partial charge in [-0.25, -0.2) is 4.79 Å². The van der Waals surface area contributed by atoms with Gasteiger partial charge in [-0.15, -0.1) is 0 Å². The van der Waals surface area contributed by atoms with E-state index in [2.05, 4.69) is 18.6 Å². The molecule has 0 saturated heterocycles. The number of carbonyl (C=O) groups excluding carboxylic acids is 2. The zero-order valence-corrected chi connectivity index (χ0v) is 23.0. The second kappa shape index (κ2) is 11.2. The van der Waals surface area contributed by atoms with Crippen molar-refractivity contribution in [3.63, 3.8) is 0 Å². The molecule has 4 rings (SSSR count). The highest BCUT2D eigenvalue weighted by molar-refractivity contribution is 5.79. The SMILES string of the molecule is CC(=O)[C@H]1CCC2[C@@H]3CCC4CCCC[C@]4(C)C3CC[C@@]21C.CC(C)C(=O)N(C)CCOC(=O)O. The highest BCUT2D eigenvalue weighted by atomic mass is 16.7. The third-order valence-corrected chi connectivity index (χ3v) is 10.6. The number of nitrogens with zero attached hydrogens (tertiary/aromatic N) is 1. The minimum atomic E-state index is -1.31. The Morgan fingerprint density at radius 1 is 0.943 bits per heavy atom. The number of ether oxygens (including phenoxy) is 1. The molecule has 200 valence electrons. The van der Waals surface area contributed by atoms with Crippen molar-refractivity contribution in [3.05, 3.63) is 0 Å². The van der Waals surface area contributed by atoms with E-state index in [-0.39, 0.29) is 18.4 Å². The van der Waals surface area contributed by atoms with Gasteiger partial charge in [0.15, 0.2) is 0 Å². The van der Waals surface area contributed by atoms with Crippen molar-refractivity contribution in [2.45, 2.75) is 98.8 Å². The number of likely N-dealkylation sites (N-methyl/N-ethyl adjacent to an activating group) is 1. The summed E-state index contributed by atoms with van der Waals surface area (Å²) in [6.07, 6.45) is 12.8. The Hall–Kier alpha value is -1.59. The van der Waals surface area contributed by atoms with E-state index in [1.807, 2.05) is 6.92 Å². The van der Waals surface area contributed by atoms with E-state index in [1.54, 1.807) is 20.9 Å². The van der Waals surface area contributed by atoms with Crippen molar-refractivity contribution in [1.82, 2.24) is 4.90 Å². The number of carbonyl (C=O) groups is 3. The van der Waals surface area contributed by atoms with Gasteiger partial charge in [-0.3, -0.25) is 9.59 Å². The molecule has 35 heavy (non-hydrogen) atoms. The molecule has 3 unspecified atom stereocenters. The maximum Gasteiger partial charge on any atom is 0.505 e. The second-order valence-electron chi connectivity index (χ2n) is 12.7. The fourth-order valence-electron chi connectivity index (χ4n) is 8.78. The molecular formula is C29H49NO5. The molecule has 0 spiro atoms. The fourth-order valence-corrected chi connectivity index (χ4v) is 8.78. The Kier molecular flexibility index (Phi) is 8.96. The highest BCUT2D eigenvalue weighted by Gasteiger charge is 2.60. The normalized spacial score (nSPS) is 37.7. The molecule has 4 saturated carbocycles. The van der Waals surface area contributed by atoms with Crippen LogP contribution in [0.2, 0.25) is 0 Å². The van der Waals surface area contributed by atoms with Crippen LogP contribution in [0.1, 0.15) is 98.8 Å². The fraction of sp³-hybridized carbons (Fsp3) is 0.897. The summed E-state index contributed by atoms with van der Waals surface area (Å²) in [6, 6.07) is 0. The van der Waals surface area contributed by atoms with Crippen LogP contribution in [0.4, 0.5) is 4.79 Å². The predicted molar refractivity (Wildman–Crippen MR) is 137 cm³/mol. The summed E-state index contributed by atoms with van der Waals surface area (Å²) >= 11 is 0. The van der Waals surface area contributed by atoms with Crippen molar-refractivity contribution in [2.75, 3.05) is 20.2 Å². The number of fused-ring (bicyclic) bond motifs is 5. The minimum Gasteiger partial charge on any atom is -0.450 e. The Balaban J connectivity index is 0.000000228. The Labute approximate surface area is 212 Å². The molecule has 0 aliphatic heterocycles. The average molecular weight is 492 g/mol. The van der Waals surface area contributed by atoms with Crippen LogP contribution in [-0.2, 0) is 14.3 Å². The first-order valence-electron chi connectivity index (χ1n) is 14.0. The van der Waals surface area contributed by atoms with E-state index < -0.39 is 6.16 Å². The van der Waals surface area contributed by atoms with Gasteiger partial charge in [-0.1, -0.05) is 40.5 Å². The molecule has 6 nitrogen and oxygen atoms in total. The third kappa shape index (κ3) is 5.72. The van der Waals surface area contributed by atoms with E-state index in [1.165, 1.54) is 69.1 Å². The van der Waals surface area contributed by atoms with E-state index >= 15 is 0 Å². The van der Waals surface area contributed by atoms with E-state index in [0.717, 1.165) is 23.7 Å². The van der Waals surface area contributed by atoms with Gasteiger partial charge in [-0.05, 0) is 92.8 Å². The van der Waals surface area contributed by atoms with Crippen LogP contribution >= 0.6 is 0 Å². The van der Waals surface area contributed by atoms with Crippen molar-refractivity contribution in [1.29, 1.82) is 0 Å². The number of amides is 1. The summed E-state index contributed by atoms with van der Waals surface area (Å²) in [6.45, 7) is 10.9. The Morgan fingerprint density at radius 2 is 1.63 bits per heavy atom. The first-order valence-corrected chi connectivity index (χ1v) is 14.0. The zero-order chi connectivity index (χ0) is 26.0. The monoisotopic (exact) mass is 491 g/mol. The maximum atomic E-state index is 12.2. The molecule has 0 aromatic heterocycles. The van der Waals surface area contributed by atoms with Crippen LogP contribution in [0.5, 0.6) is 0 Å². The second-order valence-corrected chi connectivity index (χ2v) is 12.7. The summed E-state index contributed by atoms with van der Waals surface area (Å²) in [5, 5.41) is 8.15. The summed E-state index contributed by atoms with van der Waals surface area (Å²) in [5.74, 6) is 4.51. The van der Waals surface area contributed by atoms with Crippen molar-refractivity contribution in [3.8, 4) is 0 Å². The number of hydrogen-bond acceptors (Lipinski definition) is 4. The number of Topliss-reactive ketones (excluding diaryl/α,β-unsaturated/α-hetero) is 1. The molecule has 0 aromatic rings. The molecule has 1 N–H and O–H groups in total. The third-order valence-electron chi connectivity index (χ3n) is 10.6. The Bertz CT molecular complexity index is 781. The van der Waals surface area contributed by atoms with Crippen LogP contribution < -0.4 is 0 Å². The summed E-state index contributed by atoms with van der Waals surface area (Å²) in [4.78, 5) is 34.8. The molecule has 4 aliphatic rings. The molecular weight excluding hydrogens is 442 g/mol. The number of ketones is 1. The lowest BCUT2D eigenvalue weighted by Crippen LogP contribution is -2.53. The highest BCUT2D eigenvalue weighted by Crippen LogP contribution is 2.67. The average Bonchev–Trinajstić information content (AvgIpc) is 3.15. The summed E-state index contributed by atoms with van der Waals surface area (Å²) in [7, 11) is 1.62. The lowest BCUT2D eigenvalue weighted by atomic mass is 9.45. The standard InChI is InChI=1S/C21H34O.C8H15NO4/c1-14(22)17-9-10-18-16-8-7-15-6-4-5-12-20(15,2)19(16)11-13-21(17,18)3;1-6(2)7(10)9(3)4-5-13-8(11)12/h15-19H,4-13H2,1-3H3;6H,4-5H2,1-3H3,(H,11,12)/t15?,16-,17+,18?,19?,20-,21+;/m0./s1. The van der Waals surface area contributed by atoms with Gasteiger partial charge in [-0.2, -0.15) is 0 Å². The molecule has 4 aliphatic carbocycles. The van der Waals surface area contributed by atoms with Gasteiger partial charge < -0.3 is 14.7 Å². The molecule has 1 amide bonds. The molecule has 7 atom stereocenters. The van der Waals surface area contributed by atoms with Gasteiger partial charge in [0.25, 0.3) is 0 Å². The van der Waals surface area contributed by atoms with Gasteiger partial charge in [0, 0.05) is 18.9 Å². The van der Waals surface area contributed by atoms with Crippen LogP contribution in [0.25, 0.3) is 0 Å². The zero-order valence-electron chi connectivity index (χ0n) is 23.0. The van der Waals surface area contributed by atoms with Crippen molar-refractivity contribution < 1.29 is 24.2 Å². The van der Waals surface area contributed by atoms with Crippen molar-refractivity contribution in [2.24, 2.45) is 46.3 Å². The first-order chi connectivity index (χ1) is 16.4. The molecule has 0 heterocycles. The minimum absolute atomic E-state index is 0.0181. The quantitative estimate of drug-likeness (QED) is 0.449. The largest absolute Gasteiger partial charge is 0.505 e.